The first-order valence-corrected chi connectivity index (χ1v) is 3.09. The number of hydrogen-bond acceptors (Lipinski definition) is 3. The molecule has 5 heteroatoms. The van der Waals surface area contributed by atoms with Crippen LogP contribution in [0.2, 0.25) is 0 Å². The molecule has 5 nitrogen and oxygen atoms in total. The summed E-state index contributed by atoms with van der Waals surface area (Å²) in [5, 5.41) is 8.99. The average molecular weight is 153 g/mol. The molecule has 0 bridgehead atoms. The van der Waals surface area contributed by atoms with Crippen molar-refractivity contribution in [2.45, 2.75) is 0 Å². The number of rotatable bonds is 5. The maximum absolute atomic E-state index is 8.00. The first kappa shape index (κ1) is 9.39. The maximum Gasteiger partial charge on any atom is 0.0673 e. The lowest BCUT2D eigenvalue weighted by atomic mass is 10.5. The smallest absolute Gasteiger partial charge is 0.0673 e. The van der Waals surface area contributed by atoms with Crippen LogP contribution in [0.15, 0.2) is 29.8 Å². The van der Waals surface area contributed by atoms with E-state index in [0.29, 0.717) is 6.54 Å². The Morgan fingerprint density at radius 2 is 2.55 bits per heavy atom. The summed E-state index contributed by atoms with van der Waals surface area (Å²) in [6, 6.07) is 0. The second-order valence-electron chi connectivity index (χ2n) is 1.68. The minimum absolute atomic E-state index is 0.313. The Bertz CT molecular complexity index is 189. The van der Waals surface area contributed by atoms with E-state index in [4.69, 9.17) is 5.53 Å². The van der Waals surface area contributed by atoms with Crippen molar-refractivity contribution < 1.29 is 0 Å². The van der Waals surface area contributed by atoms with E-state index in [0.717, 1.165) is 5.70 Å². The van der Waals surface area contributed by atoms with Gasteiger partial charge in [-0.1, -0.05) is 11.7 Å². The number of azide groups is 1. The summed E-state index contributed by atoms with van der Waals surface area (Å²) in [6.45, 7) is 3.77. The van der Waals surface area contributed by atoms with Crippen LogP contribution in [0.3, 0.4) is 0 Å². The quantitative estimate of drug-likeness (QED) is 0.352. The largest absolute Gasteiger partial charge is 0.390 e. The topological polar surface area (TPSA) is 72.8 Å². The molecular formula is C6H11N5. The molecule has 0 aromatic rings. The summed E-state index contributed by atoms with van der Waals surface area (Å²) in [5.41, 5.74) is 8.81. The predicted molar refractivity (Wildman–Crippen MR) is 44.5 cm³/mol. The van der Waals surface area contributed by atoms with E-state index >= 15 is 0 Å². The zero-order valence-corrected chi connectivity index (χ0v) is 6.41. The van der Waals surface area contributed by atoms with Gasteiger partial charge in [0.05, 0.1) is 6.54 Å². The van der Waals surface area contributed by atoms with Crippen LogP contribution in [0.25, 0.3) is 10.4 Å². The fourth-order valence-electron chi connectivity index (χ4n) is 0.464. The third kappa shape index (κ3) is 4.87. The average Bonchev–Trinajstić information content (AvgIpc) is 2.05. The Morgan fingerprint density at radius 1 is 1.82 bits per heavy atom. The number of hydrogen-bond donors (Lipinski definition) is 2. The summed E-state index contributed by atoms with van der Waals surface area (Å²) in [5.74, 6) is 0. The Labute approximate surface area is 65.4 Å². The van der Waals surface area contributed by atoms with Crippen molar-refractivity contribution in [1.82, 2.24) is 10.6 Å². The number of likely N-dealkylation sites (N-methyl/N-ethyl adjacent to an activating group) is 1. The lowest BCUT2D eigenvalue weighted by Crippen LogP contribution is -2.11. The van der Waals surface area contributed by atoms with Crippen molar-refractivity contribution in [2.75, 3.05) is 13.6 Å². The Kier molecular flexibility index (Phi) is 5.56. The summed E-state index contributed by atoms with van der Waals surface area (Å²) in [4.78, 5) is 2.62. The predicted octanol–water partition coefficient (Wildman–Crippen LogP) is 1.09. The molecule has 0 aromatic carbocycles. The second-order valence-corrected chi connectivity index (χ2v) is 1.68. The molecule has 60 valence electrons. The zero-order chi connectivity index (χ0) is 8.53. The number of nitrogens with one attached hydrogen (secondary N) is 2. The van der Waals surface area contributed by atoms with Gasteiger partial charge in [-0.2, -0.15) is 0 Å². The Balaban J connectivity index is 3.92. The molecule has 0 heterocycles. The van der Waals surface area contributed by atoms with Crippen LogP contribution >= 0.6 is 0 Å². The zero-order valence-electron chi connectivity index (χ0n) is 6.41. The third-order valence-electron chi connectivity index (χ3n) is 1.00. The molecule has 2 N–H and O–H groups in total. The first-order valence-electron chi connectivity index (χ1n) is 3.09. The van der Waals surface area contributed by atoms with Gasteiger partial charge >= 0.3 is 0 Å². The van der Waals surface area contributed by atoms with E-state index in [2.05, 4.69) is 27.2 Å². The van der Waals surface area contributed by atoms with E-state index < -0.39 is 0 Å². The van der Waals surface area contributed by atoms with Gasteiger partial charge in [0.25, 0.3) is 0 Å². The molecule has 0 unspecified atom stereocenters. The maximum atomic E-state index is 8.00. The normalized spacial score (nSPS) is 9.73. The van der Waals surface area contributed by atoms with Gasteiger partial charge in [-0.05, 0) is 11.7 Å². The van der Waals surface area contributed by atoms with Crippen LogP contribution in [0, 0.1) is 0 Å². The van der Waals surface area contributed by atoms with Gasteiger partial charge in [0.1, 0.15) is 0 Å². The summed E-state index contributed by atoms with van der Waals surface area (Å²) in [6.07, 6.45) is 3.22. The molecule has 0 saturated heterocycles. The van der Waals surface area contributed by atoms with Crippen molar-refractivity contribution in [3.63, 3.8) is 0 Å². The van der Waals surface area contributed by atoms with Crippen molar-refractivity contribution in [3.8, 4) is 0 Å². The minimum atomic E-state index is 0.313. The van der Waals surface area contributed by atoms with Crippen LogP contribution in [-0.2, 0) is 0 Å². The monoisotopic (exact) mass is 153 g/mol. The Hall–Kier alpha value is -1.61. The van der Waals surface area contributed by atoms with E-state index in [9.17, 15) is 0 Å². The highest BCUT2D eigenvalue weighted by molar-refractivity contribution is 5.01. The van der Waals surface area contributed by atoms with Crippen molar-refractivity contribution in [3.05, 3.63) is 35.1 Å². The van der Waals surface area contributed by atoms with Crippen LogP contribution in [0.5, 0.6) is 0 Å². The van der Waals surface area contributed by atoms with Gasteiger partial charge < -0.3 is 10.6 Å². The van der Waals surface area contributed by atoms with Gasteiger partial charge in [0.15, 0.2) is 0 Å². The summed E-state index contributed by atoms with van der Waals surface area (Å²) < 4.78 is 0. The fourth-order valence-corrected chi connectivity index (χ4v) is 0.464. The van der Waals surface area contributed by atoms with E-state index in [1.807, 2.05) is 0 Å². The van der Waals surface area contributed by atoms with Crippen molar-refractivity contribution in [2.24, 2.45) is 5.11 Å². The Morgan fingerprint density at radius 3 is 3.00 bits per heavy atom. The molecule has 0 fully saturated rings. The molecule has 0 radical (unpaired) electrons. The molecule has 0 aromatic heterocycles. The molecular weight excluding hydrogens is 142 g/mol. The SMILES string of the molecule is C=CN/C=C(/CN=[N+]=[N-])NC. The molecule has 0 saturated carbocycles. The molecule has 0 atom stereocenters. The second kappa shape index (κ2) is 6.51. The highest BCUT2D eigenvalue weighted by Crippen LogP contribution is 1.86. The van der Waals surface area contributed by atoms with Gasteiger partial charge in [-0.25, -0.2) is 0 Å². The number of nitrogens with zero attached hydrogens (tertiary/aromatic N) is 3. The highest BCUT2D eigenvalue weighted by Gasteiger charge is 1.87. The van der Waals surface area contributed by atoms with Gasteiger partial charge in [0.2, 0.25) is 0 Å². The van der Waals surface area contributed by atoms with Crippen LogP contribution < -0.4 is 10.6 Å². The van der Waals surface area contributed by atoms with Gasteiger partial charge in [-0.15, -0.1) is 0 Å². The molecule has 11 heavy (non-hydrogen) atoms. The molecule has 0 amide bonds. The van der Waals surface area contributed by atoms with Crippen LogP contribution in [0.4, 0.5) is 0 Å². The highest BCUT2D eigenvalue weighted by atomic mass is 15.1. The van der Waals surface area contributed by atoms with E-state index in [1.165, 1.54) is 6.20 Å². The standard InChI is InChI=1S/C6H11N5/c1-3-9-4-6(8-2)5-10-11-7/h3-4,8-9H,1,5H2,2H3/b6-4-. The van der Waals surface area contributed by atoms with E-state index in [-0.39, 0.29) is 0 Å². The lowest BCUT2D eigenvalue weighted by Gasteiger charge is -2.01. The summed E-state index contributed by atoms with van der Waals surface area (Å²) in [7, 11) is 1.75. The van der Waals surface area contributed by atoms with Crippen LogP contribution in [0.1, 0.15) is 0 Å². The van der Waals surface area contributed by atoms with Crippen molar-refractivity contribution >= 4 is 0 Å². The fraction of sp³-hybridized carbons (Fsp3) is 0.333. The van der Waals surface area contributed by atoms with Gasteiger partial charge in [-0.3, -0.25) is 0 Å². The molecule has 0 rings (SSSR count). The first-order chi connectivity index (χ1) is 5.35. The van der Waals surface area contributed by atoms with Crippen LogP contribution in [-0.4, -0.2) is 13.6 Å². The summed E-state index contributed by atoms with van der Waals surface area (Å²) >= 11 is 0. The third-order valence-corrected chi connectivity index (χ3v) is 1.00. The molecule has 0 aliphatic carbocycles. The minimum Gasteiger partial charge on any atom is -0.390 e. The molecule has 0 spiro atoms. The van der Waals surface area contributed by atoms with Crippen molar-refractivity contribution in [1.29, 1.82) is 0 Å². The molecule has 0 aliphatic heterocycles. The lowest BCUT2D eigenvalue weighted by molar-refractivity contribution is 0.898. The molecule has 0 aliphatic rings. The van der Waals surface area contributed by atoms with Gasteiger partial charge in [0, 0.05) is 23.9 Å². The van der Waals surface area contributed by atoms with E-state index in [1.54, 1.807) is 13.2 Å².